The highest BCUT2D eigenvalue weighted by Crippen LogP contribution is 2.28. The van der Waals surface area contributed by atoms with E-state index in [1.165, 1.54) is 4.31 Å². The Bertz CT molecular complexity index is 1150. The quantitative estimate of drug-likeness (QED) is 0.422. The molecule has 0 amide bonds. The van der Waals surface area contributed by atoms with E-state index in [-0.39, 0.29) is 30.6 Å². The fourth-order valence-electron chi connectivity index (χ4n) is 3.58. The summed E-state index contributed by atoms with van der Waals surface area (Å²) >= 11 is 0. The first kappa shape index (κ1) is 25.7. The maximum absolute atomic E-state index is 13.5. The predicted molar refractivity (Wildman–Crippen MR) is 129 cm³/mol. The molecule has 2 N–H and O–H groups in total. The SMILES string of the molecule is Cc1noc(C)c1OCc1ccc(S(=O)(=O)N(CC(C)C)c2ccc(C(CO)CO)cc2)cc1. The number of hydrogen-bond acceptors (Lipinski definition) is 7. The summed E-state index contributed by atoms with van der Waals surface area (Å²) in [6.07, 6.45) is 0. The molecule has 0 radical (unpaired) electrons. The van der Waals surface area contributed by atoms with Gasteiger partial charge in [0.2, 0.25) is 0 Å². The second kappa shape index (κ2) is 11.0. The van der Waals surface area contributed by atoms with Gasteiger partial charge in [-0.1, -0.05) is 43.3 Å². The molecule has 0 aliphatic rings. The van der Waals surface area contributed by atoms with Crippen LogP contribution in [0.5, 0.6) is 5.75 Å². The molecule has 0 saturated heterocycles. The molecule has 0 aliphatic heterocycles. The number of benzene rings is 2. The summed E-state index contributed by atoms with van der Waals surface area (Å²) in [6, 6.07) is 13.5. The smallest absolute Gasteiger partial charge is 0.264 e. The molecule has 0 fully saturated rings. The van der Waals surface area contributed by atoms with E-state index < -0.39 is 15.9 Å². The number of anilines is 1. The number of nitrogens with zero attached hydrogens (tertiary/aromatic N) is 2. The van der Waals surface area contributed by atoms with Crippen molar-refractivity contribution in [2.24, 2.45) is 5.92 Å². The Morgan fingerprint density at radius 2 is 1.62 bits per heavy atom. The topological polar surface area (TPSA) is 113 Å². The summed E-state index contributed by atoms with van der Waals surface area (Å²) in [5.41, 5.74) is 2.75. The molecule has 0 atom stereocenters. The van der Waals surface area contributed by atoms with E-state index in [1.54, 1.807) is 62.4 Å². The number of aromatic nitrogens is 1. The van der Waals surface area contributed by atoms with Gasteiger partial charge in [0.25, 0.3) is 10.0 Å². The van der Waals surface area contributed by atoms with Crippen LogP contribution in [0.1, 0.15) is 42.3 Å². The summed E-state index contributed by atoms with van der Waals surface area (Å²) in [6.45, 7) is 7.69. The first-order valence-electron chi connectivity index (χ1n) is 11.2. The zero-order valence-corrected chi connectivity index (χ0v) is 20.7. The van der Waals surface area contributed by atoms with Crippen LogP contribution < -0.4 is 9.04 Å². The molecule has 3 rings (SSSR count). The standard InChI is InChI=1S/C25H32N2O6S/c1-17(2)13-27(23-9-7-21(8-10-23)22(14-28)15-29)34(30,31)24-11-5-20(6-12-24)16-32-25-18(3)26-33-19(25)4/h5-12,17,22,28-29H,13-16H2,1-4H3. The van der Waals surface area contributed by atoms with Crippen LogP contribution in [0.15, 0.2) is 57.9 Å². The average Bonchev–Trinajstić information content (AvgIpc) is 3.14. The second-order valence-corrected chi connectivity index (χ2v) is 10.5. The average molecular weight is 489 g/mol. The molecule has 1 heterocycles. The highest BCUT2D eigenvalue weighted by molar-refractivity contribution is 7.92. The molecule has 8 nitrogen and oxygen atoms in total. The Morgan fingerprint density at radius 1 is 1.00 bits per heavy atom. The minimum absolute atomic E-state index is 0.0970. The van der Waals surface area contributed by atoms with Gasteiger partial charge < -0.3 is 19.5 Å². The number of ether oxygens (including phenoxy) is 1. The molecule has 0 spiro atoms. The lowest BCUT2D eigenvalue weighted by Gasteiger charge is -2.27. The Morgan fingerprint density at radius 3 is 2.12 bits per heavy atom. The number of hydrogen-bond donors (Lipinski definition) is 2. The number of aliphatic hydroxyl groups excluding tert-OH is 2. The van der Waals surface area contributed by atoms with Gasteiger partial charge in [-0.25, -0.2) is 8.42 Å². The van der Waals surface area contributed by atoms with Crippen molar-refractivity contribution >= 4 is 15.7 Å². The lowest BCUT2D eigenvalue weighted by molar-refractivity contribution is 0.192. The minimum Gasteiger partial charge on any atom is -0.483 e. The summed E-state index contributed by atoms with van der Waals surface area (Å²) in [5, 5.41) is 22.7. The summed E-state index contributed by atoms with van der Waals surface area (Å²) in [4.78, 5) is 0.182. The van der Waals surface area contributed by atoms with Crippen molar-refractivity contribution in [1.82, 2.24) is 5.16 Å². The van der Waals surface area contributed by atoms with Crippen molar-refractivity contribution in [2.75, 3.05) is 24.1 Å². The number of aryl methyl sites for hydroxylation is 2. The summed E-state index contributed by atoms with van der Waals surface area (Å²) in [7, 11) is -3.81. The van der Waals surface area contributed by atoms with Crippen molar-refractivity contribution < 1.29 is 27.9 Å². The molecule has 9 heteroatoms. The molecule has 3 aromatic rings. The van der Waals surface area contributed by atoms with Gasteiger partial charge in [0.15, 0.2) is 11.5 Å². The van der Waals surface area contributed by atoms with E-state index in [9.17, 15) is 18.6 Å². The highest BCUT2D eigenvalue weighted by Gasteiger charge is 2.26. The fourth-order valence-corrected chi connectivity index (χ4v) is 5.20. The normalized spacial score (nSPS) is 11.9. The number of rotatable bonds is 11. The molecule has 0 bridgehead atoms. The van der Waals surface area contributed by atoms with E-state index in [0.717, 1.165) is 11.1 Å². The van der Waals surface area contributed by atoms with Crippen LogP contribution in [0.3, 0.4) is 0 Å². The van der Waals surface area contributed by atoms with Crippen LogP contribution >= 0.6 is 0 Å². The molecular formula is C25H32N2O6S. The third-order valence-corrected chi connectivity index (χ3v) is 7.29. The molecule has 34 heavy (non-hydrogen) atoms. The first-order chi connectivity index (χ1) is 16.2. The zero-order chi connectivity index (χ0) is 24.9. The van der Waals surface area contributed by atoms with Gasteiger partial charge in [0, 0.05) is 19.4 Å². The van der Waals surface area contributed by atoms with Crippen LogP contribution in [0.25, 0.3) is 0 Å². The fraction of sp³-hybridized carbons (Fsp3) is 0.400. The van der Waals surface area contributed by atoms with Crippen LogP contribution in [0.2, 0.25) is 0 Å². The predicted octanol–water partition coefficient (Wildman–Crippen LogP) is 3.79. The Labute approximate surface area is 200 Å². The van der Waals surface area contributed by atoms with Gasteiger partial charge in [0.1, 0.15) is 12.3 Å². The van der Waals surface area contributed by atoms with E-state index in [2.05, 4.69) is 5.16 Å². The lowest BCUT2D eigenvalue weighted by atomic mass is 10.0. The Kier molecular flexibility index (Phi) is 8.35. The first-order valence-corrected chi connectivity index (χ1v) is 12.6. The van der Waals surface area contributed by atoms with Crippen LogP contribution in [0.4, 0.5) is 5.69 Å². The van der Waals surface area contributed by atoms with Crippen molar-refractivity contribution in [1.29, 1.82) is 0 Å². The molecule has 2 aromatic carbocycles. The van der Waals surface area contributed by atoms with Crippen LogP contribution in [-0.4, -0.2) is 43.5 Å². The van der Waals surface area contributed by atoms with Crippen molar-refractivity contribution in [2.45, 2.75) is 45.1 Å². The molecular weight excluding hydrogens is 456 g/mol. The maximum Gasteiger partial charge on any atom is 0.264 e. The summed E-state index contributed by atoms with van der Waals surface area (Å²) in [5.74, 6) is 0.883. The lowest BCUT2D eigenvalue weighted by Crippen LogP contribution is -2.34. The van der Waals surface area contributed by atoms with Gasteiger partial charge >= 0.3 is 0 Å². The van der Waals surface area contributed by atoms with E-state index in [4.69, 9.17) is 9.26 Å². The van der Waals surface area contributed by atoms with Crippen LogP contribution in [-0.2, 0) is 16.6 Å². The van der Waals surface area contributed by atoms with Gasteiger partial charge in [-0.15, -0.1) is 0 Å². The molecule has 0 saturated carbocycles. The van der Waals surface area contributed by atoms with Gasteiger partial charge in [0.05, 0.1) is 23.8 Å². The molecule has 1 aromatic heterocycles. The number of sulfonamides is 1. The minimum atomic E-state index is -3.81. The maximum atomic E-state index is 13.5. The monoisotopic (exact) mass is 488 g/mol. The largest absolute Gasteiger partial charge is 0.483 e. The Hall–Kier alpha value is -2.88. The van der Waals surface area contributed by atoms with E-state index in [0.29, 0.717) is 29.4 Å². The highest BCUT2D eigenvalue weighted by atomic mass is 32.2. The number of aliphatic hydroxyl groups is 2. The van der Waals surface area contributed by atoms with Gasteiger partial charge in [-0.2, -0.15) is 0 Å². The molecule has 0 unspecified atom stereocenters. The second-order valence-electron chi connectivity index (χ2n) is 8.67. The molecule has 0 aliphatic carbocycles. The third kappa shape index (κ3) is 5.78. The van der Waals surface area contributed by atoms with Crippen molar-refractivity contribution in [3.63, 3.8) is 0 Å². The zero-order valence-electron chi connectivity index (χ0n) is 19.9. The van der Waals surface area contributed by atoms with E-state index >= 15 is 0 Å². The summed E-state index contributed by atoms with van der Waals surface area (Å²) < 4.78 is 39.4. The van der Waals surface area contributed by atoms with Gasteiger partial charge in [-0.3, -0.25) is 4.31 Å². The van der Waals surface area contributed by atoms with Crippen molar-refractivity contribution in [3.05, 3.63) is 71.1 Å². The third-order valence-electron chi connectivity index (χ3n) is 5.49. The van der Waals surface area contributed by atoms with Gasteiger partial charge in [-0.05, 0) is 48.2 Å². The van der Waals surface area contributed by atoms with E-state index in [1.807, 2.05) is 13.8 Å². The molecule has 184 valence electrons. The van der Waals surface area contributed by atoms with Crippen molar-refractivity contribution in [3.8, 4) is 5.75 Å². The van der Waals surface area contributed by atoms with Crippen LogP contribution in [0, 0.1) is 19.8 Å². The Balaban J connectivity index is 1.82.